The average molecular weight is 349 g/mol. The van der Waals surface area contributed by atoms with Crippen LogP contribution in [-0.2, 0) is 0 Å². The predicted octanol–water partition coefficient (Wildman–Crippen LogP) is 9.07. The Labute approximate surface area is 159 Å². The molecule has 2 atom stereocenters. The van der Waals surface area contributed by atoms with E-state index in [1.165, 1.54) is 103 Å². The van der Waals surface area contributed by atoms with E-state index in [9.17, 15) is 0 Å². The van der Waals surface area contributed by atoms with Crippen LogP contribution in [0, 0.1) is 17.8 Å². The highest BCUT2D eigenvalue weighted by Gasteiger charge is 2.34. The minimum atomic E-state index is 1.12. The summed E-state index contributed by atoms with van der Waals surface area (Å²) in [6.07, 6.45) is 31.8. The van der Waals surface area contributed by atoms with Crippen molar-refractivity contribution in [3.63, 3.8) is 0 Å². The third-order valence-electron chi connectivity index (χ3n) is 7.30. The summed E-state index contributed by atoms with van der Waals surface area (Å²) in [4.78, 5) is 0. The van der Waals surface area contributed by atoms with Gasteiger partial charge in [-0.25, -0.2) is 0 Å². The van der Waals surface area contributed by atoms with Crippen LogP contribution < -0.4 is 0 Å². The summed E-state index contributed by atoms with van der Waals surface area (Å²) in [7, 11) is 0. The molecule has 0 aromatic rings. The Balaban J connectivity index is 1.28. The van der Waals surface area contributed by atoms with Gasteiger partial charge in [0, 0.05) is 0 Å². The fourth-order valence-electron chi connectivity index (χ4n) is 5.72. The maximum absolute atomic E-state index is 2.31. The number of fused-ring (bicyclic) bond motifs is 1. The van der Waals surface area contributed by atoms with Crippen molar-refractivity contribution >= 4 is 0 Å². The monoisotopic (exact) mass is 348 g/mol. The van der Waals surface area contributed by atoms with Gasteiger partial charge in [-0.05, 0) is 30.6 Å². The summed E-state index contributed by atoms with van der Waals surface area (Å²) in [5.74, 6) is 3.40. The molecule has 0 heteroatoms. The third kappa shape index (κ3) is 9.48. The summed E-state index contributed by atoms with van der Waals surface area (Å²) in [6.45, 7) is 2.31. The molecule has 0 amide bonds. The molecular weight excluding hydrogens is 300 g/mol. The van der Waals surface area contributed by atoms with Crippen molar-refractivity contribution in [1.82, 2.24) is 0 Å². The molecule has 25 heavy (non-hydrogen) atoms. The molecule has 0 saturated heterocycles. The highest BCUT2D eigenvalue weighted by molar-refractivity contribution is 4.86. The maximum Gasteiger partial charge on any atom is -0.0383 e. The van der Waals surface area contributed by atoms with Crippen LogP contribution in [0.5, 0.6) is 0 Å². The van der Waals surface area contributed by atoms with Crippen LogP contribution in [0.3, 0.4) is 0 Å². The van der Waals surface area contributed by atoms with Gasteiger partial charge in [-0.2, -0.15) is 0 Å². The molecule has 0 aromatic carbocycles. The Kier molecular flexibility index (Phi) is 12.0. The minimum absolute atomic E-state index is 1.12. The lowest BCUT2D eigenvalue weighted by Crippen LogP contribution is -2.12. The molecule has 2 aliphatic rings. The zero-order chi connectivity index (χ0) is 17.6. The number of hydrogen-bond acceptors (Lipinski definition) is 0. The van der Waals surface area contributed by atoms with Gasteiger partial charge in [0.1, 0.15) is 0 Å². The molecular formula is C25H48. The fourth-order valence-corrected chi connectivity index (χ4v) is 5.72. The quantitative estimate of drug-likeness (QED) is 0.259. The van der Waals surface area contributed by atoms with Gasteiger partial charge in [0.2, 0.25) is 0 Å². The van der Waals surface area contributed by atoms with Gasteiger partial charge in [0.15, 0.2) is 0 Å². The van der Waals surface area contributed by atoms with Gasteiger partial charge in [0.05, 0.1) is 0 Å². The number of rotatable bonds is 15. The molecule has 2 unspecified atom stereocenters. The summed E-state index contributed by atoms with van der Waals surface area (Å²) >= 11 is 0. The Morgan fingerprint density at radius 2 is 0.920 bits per heavy atom. The van der Waals surface area contributed by atoms with Crippen molar-refractivity contribution in [2.45, 2.75) is 142 Å². The van der Waals surface area contributed by atoms with E-state index in [2.05, 4.69) is 6.92 Å². The molecule has 0 aliphatic heterocycles. The third-order valence-corrected chi connectivity index (χ3v) is 7.30. The van der Waals surface area contributed by atoms with Crippen LogP contribution in [0.4, 0.5) is 0 Å². The van der Waals surface area contributed by atoms with Crippen molar-refractivity contribution in [3.05, 3.63) is 0 Å². The van der Waals surface area contributed by atoms with Crippen molar-refractivity contribution in [2.24, 2.45) is 17.8 Å². The van der Waals surface area contributed by atoms with Crippen LogP contribution in [0.1, 0.15) is 142 Å². The predicted molar refractivity (Wildman–Crippen MR) is 113 cm³/mol. The Morgan fingerprint density at radius 1 is 0.520 bits per heavy atom. The van der Waals surface area contributed by atoms with E-state index >= 15 is 0 Å². The molecule has 2 aliphatic carbocycles. The lowest BCUT2D eigenvalue weighted by molar-refractivity contribution is 0.277. The van der Waals surface area contributed by atoms with Crippen LogP contribution in [0.15, 0.2) is 0 Å². The summed E-state index contributed by atoms with van der Waals surface area (Å²) in [5.41, 5.74) is 0. The van der Waals surface area contributed by atoms with Gasteiger partial charge in [0.25, 0.3) is 0 Å². The zero-order valence-corrected chi connectivity index (χ0v) is 17.6. The van der Waals surface area contributed by atoms with Gasteiger partial charge >= 0.3 is 0 Å². The highest BCUT2D eigenvalue weighted by atomic mass is 14.4. The van der Waals surface area contributed by atoms with E-state index in [-0.39, 0.29) is 0 Å². The van der Waals surface area contributed by atoms with E-state index in [1.54, 1.807) is 32.1 Å². The summed E-state index contributed by atoms with van der Waals surface area (Å²) in [6, 6.07) is 0. The molecule has 0 aromatic heterocycles. The number of hydrogen-bond donors (Lipinski definition) is 0. The normalized spacial score (nSPS) is 26.0. The lowest BCUT2D eigenvalue weighted by atomic mass is 9.82. The second-order valence-corrected chi connectivity index (χ2v) is 9.53. The summed E-state index contributed by atoms with van der Waals surface area (Å²) in [5, 5.41) is 0. The van der Waals surface area contributed by atoms with E-state index in [0.717, 1.165) is 17.8 Å². The topological polar surface area (TPSA) is 0 Å². The van der Waals surface area contributed by atoms with E-state index in [1.807, 2.05) is 0 Å². The van der Waals surface area contributed by atoms with Gasteiger partial charge in [-0.3, -0.25) is 0 Å². The molecule has 2 rings (SSSR count). The second-order valence-electron chi connectivity index (χ2n) is 9.53. The van der Waals surface area contributed by atoms with Crippen molar-refractivity contribution < 1.29 is 0 Å². The first-order valence-corrected chi connectivity index (χ1v) is 12.4. The van der Waals surface area contributed by atoms with Gasteiger partial charge in [-0.1, -0.05) is 129 Å². The molecule has 2 fully saturated rings. The first-order valence-electron chi connectivity index (χ1n) is 12.4. The lowest BCUT2D eigenvalue weighted by Gasteiger charge is -2.24. The standard InChI is InChI=1S/C25H48/c1-2-3-4-5-6-7-8-9-10-11-12-13-14-15-18-23-21-24-19-16-17-20-25(24)22-23/h23-25H,2-22H2,1H3. The number of unbranched alkanes of at least 4 members (excludes halogenated alkanes) is 13. The van der Waals surface area contributed by atoms with Crippen LogP contribution in [0.2, 0.25) is 0 Å². The smallest absolute Gasteiger partial charge is 0.0383 e. The van der Waals surface area contributed by atoms with Crippen molar-refractivity contribution in [2.75, 3.05) is 0 Å². The zero-order valence-electron chi connectivity index (χ0n) is 17.6. The Hall–Kier alpha value is 0. The van der Waals surface area contributed by atoms with Crippen molar-refractivity contribution in [3.8, 4) is 0 Å². The first-order chi connectivity index (χ1) is 12.4. The molecule has 0 N–H and O–H groups in total. The van der Waals surface area contributed by atoms with Crippen LogP contribution in [0.25, 0.3) is 0 Å². The van der Waals surface area contributed by atoms with E-state index < -0.39 is 0 Å². The molecule has 0 spiro atoms. The largest absolute Gasteiger partial charge is 0.0654 e. The Bertz CT molecular complexity index is 280. The van der Waals surface area contributed by atoms with E-state index in [4.69, 9.17) is 0 Å². The maximum atomic E-state index is 2.31. The minimum Gasteiger partial charge on any atom is -0.0654 e. The van der Waals surface area contributed by atoms with Crippen LogP contribution in [-0.4, -0.2) is 0 Å². The fraction of sp³-hybridized carbons (Fsp3) is 1.00. The molecule has 0 radical (unpaired) electrons. The molecule has 148 valence electrons. The molecule has 0 heterocycles. The molecule has 0 bridgehead atoms. The second kappa shape index (κ2) is 14.1. The first kappa shape index (κ1) is 21.3. The molecule has 2 saturated carbocycles. The molecule has 0 nitrogen and oxygen atoms in total. The van der Waals surface area contributed by atoms with Gasteiger partial charge < -0.3 is 0 Å². The SMILES string of the molecule is CCCCCCCCCCCCCCCCC1CC2CCCCC2C1. The van der Waals surface area contributed by atoms with Crippen LogP contribution >= 0.6 is 0 Å². The highest BCUT2D eigenvalue weighted by Crippen LogP contribution is 2.46. The Morgan fingerprint density at radius 3 is 1.36 bits per heavy atom. The van der Waals surface area contributed by atoms with E-state index in [0.29, 0.717) is 0 Å². The average Bonchev–Trinajstić information content (AvgIpc) is 3.05. The van der Waals surface area contributed by atoms with Crippen molar-refractivity contribution in [1.29, 1.82) is 0 Å². The summed E-state index contributed by atoms with van der Waals surface area (Å²) < 4.78 is 0. The van der Waals surface area contributed by atoms with Gasteiger partial charge in [-0.15, -0.1) is 0 Å².